The van der Waals surface area contributed by atoms with Crippen LogP contribution in [0.25, 0.3) is 0 Å². The SMILES string of the molecule is CCCC/C=C(/C)Oc1ccc(C)cc1.CCCCC(F)(F)CC(C)CC.NCCCCN=O. The molecular formula is C28H50F2N2O2. The number of allylic oxidation sites excluding steroid dienone is 2. The van der Waals surface area contributed by atoms with Gasteiger partial charge in [-0.25, -0.2) is 8.78 Å². The van der Waals surface area contributed by atoms with E-state index in [2.05, 4.69) is 37.2 Å². The van der Waals surface area contributed by atoms with Gasteiger partial charge >= 0.3 is 0 Å². The lowest BCUT2D eigenvalue weighted by molar-refractivity contribution is -0.0310. The Morgan fingerprint density at radius 3 is 2.21 bits per heavy atom. The minimum atomic E-state index is -2.43. The molecule has 1 atom stereocenters. The van der Waals surface area contributed by atoms with Crippen LogP contribution >= 0.6 is 0 Å². The molecule has 0 aromatic heterocycles. The quantitative estimate of drug-likeness (QED) is 0.153. The van der Waals surface area contributed by atoms with Gasteiger partial charge < -0.3 is 10.5 Å². The van der Waals surface area contributed by atoms with Crippen molar-refractivity contribution in [2.75, 3.05) is 13.1 Å². The third-order valence-corrected chi connectivity index (χ3v) is 5.23. The van der Waals surface area contributed by atoms with Gasteiger partial charge in [0.1, 0.15) is 5.75 Å². The van der Waals surface area contributed by atoms with Crippen LogP contribution in [0, 0.1) is 17.7 Å². The second kappa shape index (κ2) is 22.9. The minimum absolute atomic E-state index is 0.0590. The highest BCUT2D eigenvalue weighted by Crippen LogP contribution is 2.29. The first-order chi connectivity index (χ1) is 16.1. The monoisotopic (exact) mass is 484 g/mol. The van der Waals surface area contributed by atoms with Crippen LogP contribution < -0.4 is 10.5 Å². The summed E-state index contributed by atoms with van der Waals surface area (Å²) in [6.07, 6.45) is 9.94. The molecule has 0 saturated carbocycles. The summed E-state index contributed by atoms with van der Waals surface area (Å²) >= 11 is 0. The number of hydrogen-bond acceptors (Lipinski definition) is 4. The fourth-order valence-corrected chi connectivity index (χ4v) is 2.86. The Bertz CT molecular complexity index is 619. The van der Waals surface area contributed by atoms with Crippen molar-refractivity contribution < 1.29 is 13.5 Å². The van der Waals surface area contributed by atoms with Gasteiger partial charge in [0, 0.05) is 12.8 Å². The standard InChI is InChI=1S/C14H20O.C10H20F2.C4H10N2O/c1-4-5-6-7-13(3)15-14-10-8-12(2)9-11-14;1-4-6-7-10(11,12)8-9(3)5-2;5-3-1-2-4-6-7/h7-11H,4-6H2,1-3H3;9H,4-8H2,1-3H3;1-5H2/b13-7-;;. The predicted octanol–water partition coefficient (Wildman–Crippen LogP) is 9.21. The van der Waals surface area contributed by atoms with Gasteiger partial charge in [-0.2, -0.15) is 4.91 Å². The van der Waals surface area contributed by atoms with E-state index >= 15 is 0 Å². The lowest BCUT2D eigenvalue weighted by Gasteiger charge is -2.19. The van der Waals surface area contributed by atoms with Crippen molar-refractivity contribution in [2.24, 2.45) is 16.8 Å². The van der Waals surface area contributed by atoms with Gasteiger partial charge in [-0.1, -0.05) is 69.8 Å². The lowest BCUT2D eigenvalue weighted by Crippen LogP contribution is -2.19. The summed E-state index contributed by atoms with van der Waals surface area (Å²) in [5.74, 6) is -0.360. The first-order valence-electron chi connectivity index (χ1n) is 12.9. The molecule has 0 heterocycles. The zero-order chi connectivity index (χ0) is 26.2. The smallest absolute Gasteiger partial charge is 0.248 e. The average Bonchev–Trinajstić information content (AvgIpc) is 2.80. The number of nitrogens with zero attached hydrogens (tertiary/aromatic N) is 1. The molecule has 6 heteroatoms. The van der Waals surface area contributed by atoms with Gasteiger partial charge in [0.2, 0.25) is 5.92 Å². The Labute approximate surface area is 207 Å². The minimum Gasteiger partial charge on any atom is -0.462 e. The van der Waals surface area contributed by atoms with E-state index in [1.165, 1.54) is 18.4 Å². The molecule has 1 aromatic carbocycles. The molecule has 0 aliphatic heterocycles. The van der Waals surface area contributed by atoms with Crippen LogP contribution in [0.3, 0.4) is 0 Å². The summed E-state index contributed by atoms with van der Waals surface area (Å²) in [7, 11) is 0. The molecule has 0 saturated heterocycles. The first-order valence-corrected chi connectivity index (χ1v) is 12.9. The highest BCUT2D eigenvalue weighted by Gasteiger charge is 2.29. The molecule has 2 N–H and O–H groups in total. The highest BCUT2D eigenvalue weighted by atomic mass is 19.3. The second-order valence-electron chi connectivity index (χ2n) is 8.90. The molecule has 198 valence electrons. The molecule has 34 heavy (non-hydrogen) atoms. The van der Waals surface area contributed by atoms with Crippen molar-refractivity contribution in [3.05, 3.63) is 46.6 Å². The Kier molecular flexibility index (Phi) is 23.2. The fraction of sp³-hybridized carbons (Fsp3) is 0.714. The zero-order valence-corrected chi connectivity index (χ0v) is 22.5. The number of hydrogen-bond donors (Lipinski definition) is 1. The summed E-state index contributed by atoms with van der Waals surface area (Å²) < 4.78 is 31.8. The molecule has 0 spiro atoms. The van der Waals surface area contributed by atoms with Gasteiger partial charge in [0.15, 0.2) is 0 Å². The maximum Gasteiger partial charge on any atom is 0.248 e. The molecule has 0 bridgehead atoms. The average molecular weight is 485 g/mol. The molecular weight excluding hydrogens is 434 g/mol. The van der Waals surface area contributed by atoms with Crippen LogP contribution in [-0.2, 0) is 0 Å². The highest BCUT2D eigenvalue weighted by molar-refractivity contribution is 5.27. The predicted molar refractivity (Wildman–Crippen MR) is 143 cm³/mol. The van der Waals surface area contributed by atoms with Crippen molar-refractivity contribution in [3.63, 3.8) is 0 Å². The van der Waals surface area contributed by atoms with E-state index in [1.807, 2.05) is 39.8 Å². The molecule has 1 aromatic rings. The van der Waals surface area contributed by atoms with E-state index in [1.54, 1.807) is 0 Å². The van der Waals surface area contributed by atoms with Crippen LogP contribution in [-0.4, -0.2) is 19.0 Å². The van der Waals surface area contributed by atoms with E-state index in [4.69, 9.17) is 10.5 Å². The van der Waals surface area contributed by atoms with Crippen molar-refractivity contribution in [2.45, 2.75) is 112 Å². The first kappa shape index (κ1) is 34.3. The molecule has 0 aliphatic carbocycles. The van der Waals surface area contributed by atoms with Crippen molar-refractivity contribution in [1.29, 1.82) is 0 Å². The van der Waals surface area contributed by atoms with Crippen LogP contribution in [0.1, 0.15) is 104 Å². The third kappa shape index (κ3) is 23.3. The third-order valence-electron chi connectivity index (χ3n) is 5.23. The van der Waals surface area contributed by atoms with E-state index < -0.39 is 5.92 Å². The molecule has 0 radical (unpaired) electrons. The molecule has 1 rings (SSSR count). The van der Waals surface area contributed by atoms with E-state index in [-0.39, 0.29) is 18.8 Å². The Hall–Kier alpha value is -1.82. The van der Waals surface area contributed by atoms with E-state index in [9.17, 15) is 13.7 Å². The van der Waals surface area contributed by atoms with Crippen LogP contribution in [0.4, 0.5) is 8.78 Å². The molecule has 0 amide bonds. The fourth-order valence-electron chi connectivity index (χ4n) is 2.86. The Morgan fingerprint density at radius 1 is 1.09 bits per heavy atom. The number of unbranched alkanes of at least 4 members (excludes halogenated alkanes) is 4. The lowest BCUT2D eigenvalue weighted by atomic mass is 9.97. The number of ether oxygens (including phenoxy) is 1. The Morgan fingerprint density at radius 2 is 1.71 bits per heavy atom. The van der Waals surface area contributed by atoms with Crippen molar-refractivity contribution in [3.8, 4) is 5.75 Å². The molecule has 1 unspecified atom stereocenters. The Balaban J connectivity index is 0. The summed E-state index contributed by atoms with van der Waals surface area (Å²) in [6, 6.07) is 8.14. The summed E-state index contributed by atoms with van der Waals surface area (Å²) in [5.41, 5.74) is 6.38. The number of nitroso groups, excluding NO2 is 1. The maximum atomic E-state index is 13.0. The number of rotatable bonds is 15. The topological polar surface area (TPSA) is 64.7 Å². The van der Waals surface area contributed by atoms with Gasteiger partial charge in [-0.05, 0) is 76.6 Å². The van der Waals surface area contributed by atoms with Gasteiger partial charge in [0.05, 0.1) is 12.3 Å². The number of benzene rings is 1. The molecule has 0 aliphatic rings. The summed E-state index contributed by atoms with van der Waals surface area (Å²) in [4.78, 5) is 9.39. The number of halogens is 2. The maximum absolute atomic E-state index is 13.0. The van der Waals surface area contributed by atoms with E-state index in [0.29, 0.717) is 19.5 Å². The normalized spacial score (nSPS) is 12.1. The van der Waals surface area contributed by atoms with Gasteiger partial charge in [-0.15, -0.1) is 0 Å². The number of aryl methyl sites for hydroxylation is 1. The zero-order valence-electron chi connectivity index (χ0n) is 22.5. The number of alkyl halides is 2. The van der Waals surface area contributed by atoms with Crippen LogP contribution in [0.15, 0.2) is 41.3 Å². The van der Waals surface area contributed by atoms with Gasteiger partial charge in [0.25, 0.3) is 0 Å². The second-order valence-corrected chi connectivity index (χ2v) is 8.90. The number of nitrogens with two attached hydrogens (primary N) is 1. The van der Waals surface area contributed by atoms with E-state index in [0.717, 1.165) is 43.6 Å². The van der Waals surface area contributed by atoms with Crippen molar-refractivity contribution in [1.82, 2.24) is 0 Å². The van der Waals surface area contributed by atoms with Crippen molar-refractivity contribution >= 4 is 0 Å². The summed E-state index contributed by atoms with van der Waals surface area (Å²) in [5, 5.41) is 2.67. The van der Waals surface area contributed by atoms with Gasteiger partial charge in [-0.3, -0.25) is 0 Å². The summed E-state index contributed by atoms with van der Waals surface area (Å²) in [6.45, 7) is 13.2. The molecule has 0 fully saturated rings. The van der Waals surface area contributed by atoms with Crippen LogP contribution in [0.2, 0.25) is 0 Å². The van der Waals surface area contributed by atoms with Crippen LogP contribution in [0.5, 0.6) is 5.75 Å². The molecule has 4 nitrogen and oxygen atoms in total. The largest absolute Gasteiger partial charge is 0.462 e.